The smallest absolute Gasteiger partial charge is 0.269 e. The van der Waals surface area contributed by atoms with Gasteiger partial charge in [-0.05, 0) is 32.2 Å². The van der Waals surface area contributed by atoms with Gasteiger partial charge in [-0.15, -0.1) is 0 Å². The topological polar surface area (TPSA) is 68.0 Å². The Hall–Kier alpha value is -1.23. The predicted octanol–water partition coefficient (Wildman–Crippen LogP) is 1.54. The molecule has 1 rings (SSSR count). The van der Waals surface area contributed by atoms with Crippen molar-refractivity contribution >= 4 is 23.4 Å². The summed E-state index contributed by atoms with van der Waals surface area (Å²) in [5.41, 5.74) is 6.48. The van der Waals surface area contributed by atoms with Crippen LogP contribution in [0.1, 0.15) is 24.3 Å². The first kappa shape index (κ1) is 12.8. The Labute approximate surface area is 100 Å². The zero-order valence-corrected chi connectivity index (χ0v) is 10.6. The number of anilines is 1. The number of aromatic nitrogens is 1. The molecule has 16 heavy (non-hydrogen) atoms. The van der Waals surface area contributed by atoms with Gasteiger partial charge in [0.1, 0.15) is 5.69 Å². The van der Waals surface area contributed by atoms with Crippen molar-refractivity contribution in [3.63, 3.8) is 0 Å². The normalized spacial score (nSPS) is 11.2. The van der Waals surface area contributed by atoms with Gasteiger partial charge in [0.2, 0.25) is 0 Å². The van der Waals surface area contributed by atoms with Crippen LogP contribution in [-0.4, -0.2) is 28.4 Å². The first-order valence-electron chi connectivity index (χ1n) is 4.99. The summed E-state index contributed by atoms with van der Waals surface area (Å²) in [6, 6.07) is 3.23. The van der Waals surface area contributed by atoms with Gasteiger partial charge in [0.15, 0.2) is 0 Å². The minimum Gasteiger partial charge on any atom is -0.399 e. The van der Waals surface area contributed by atoms with Crippen LogP contribution in [-0.2, 0) is 0 Å². The highest BCUT2D eigenvalue weighted by atomic mass is 32.2. The van der Waals surface area contributed by atoms with Gasteiger partial charge in [-0.1, -0.05) is 0 Å². The van der Waals surface area contributed by atoms with E-state index in [1.807, 2.05) is 6.26 Å². The molecule has 0 unspecified atom stereocenters. The molecule has 5 heteroatoms. The number of nitrogens with zero attached hydrogens (tertiary/aromatic N) is 1. The second-order valence-corrected chi connectivity index (χ2v) is 5.63. The third-order valence-electron chi connectivity index (χ3n) is 2.24. The Balaban J connectivity index is 2.60. The molecule has 0 fully saturated rings. The lowest BCUT2D eigenvalue weighted by Gasteiger charge is -2.21. The average molecular weight is 239 g/mol. The third-order valence-corrected chi connectivity index (χ3v) is 3.49. The number of thioether (sulfide) groups is 1. The Bertz CT molecular complexity index is 379. The highest BCUT2D eigenvalue weighted by Crippen LogP contribution is 2.19. The number of rotatable bonds is 4. The van der Waals surface area contributed by atoms with Crippen LogP contribution in [0.3, 0.4) is 0 Å². The number of pyridine rings is 1. The fourth-order valence-electron chi connectivity index (χ4n) is 1.03. The van der Waals surface area contributed by atoms with E-state index >= 15 is 0 Å². The zero-order chi connectivity index (χ0) is 12.2. The van der Waals surface area contributed by atoms with E-state index in [4.69, 9.17) is 5.73 Å². The molecule has 1 heterocycles. The lowest BCUT2D eigenvalue weighted by atomic mass is 10.2. The maximum Gasteiger partial charge on any atom is 0.269 e. The van der Waals surface area contributed by atoms with Crippen molar-refractivity contribution in [3.8, 4) is 0 Å². The van der Waals surface area contributed by atoms with Crippen LogP contribution in [0.4, 0.5) is 5.69 Å². The second-order valence-electron chi connectivity index (χ2n) is 4.12. The second kappa shape index (κ2) is 5.21. The van der Waals surface area contributed by atoms with Crippen LogP contribution in [0.25, 0.3) is 0 Å². The van der Waals surface area contributed by atoms with E-state index in [9.17, 15) is 4.79 Å². The van der Waals surface area contributed by atoms with Crippen molar-refractivity contribution in [3.05, 3.63) is 24.0 Å². The van der Waals surface area contributed by atoms with Crippen LogP contribution in [0.5, 0.6) is 0 Å². The predicted molar refractivity (Wildman–Crippen MR) is 68.6 cm³/mol. The maximum absolute atomic E-state index is 11.7. The van der Waals surface area contributed by atoms with Crippen molar-refractivity contribution in [1.82, 2.24) is 10.3 Å². The van der Waals surface area contributed by atoms with Gasteiger partial charge in [0, 0.05) is 23.2 Å². The van der Waals surface area contributed by atoms with Crippen LogP contribution in [0.2, 0.25) is 0 Å². The molecule has 0 spiro atoms. The summed E-state index contributed by atoms with van der Waals surface area (Å²) in [4.78, 5) is 15.7. The molecule has 3 N–H and O–H groups in total. The number of nitrogens with one attached hydrogen (secondary N) is 1. The molecule has 88 valence electrons. The Morgan fingerprint density at radius 1 is 1.62 bits per heavy atom. The summed E-state index contributed by atoms with van der Waals surface area (Å²) >= 11 is 1.71. The van der Waals surface area contributed by atoms with E-state index in [2.05, 4.69) is 24.1 Å². The first-order valence-corrected chi connectivity index (χ1v) is 6.22. The van der Waals surface area contributed by atoms with E-state index in [1.165, 1.54) is 6.20 Å². The fourth-order valence-corrected chi connectivity index (χ4v) is 1.24. The van der Waals surface area contributed by atoms with Crippen LogP contribution in [0.15, 0.2) is 18.3 Å². The molecule has 0 atom stereocenters. The highest BCUT2D eigenvalue weighted by molar-refractivity contribution is 7.99. The third kappa shape index (κ3) is 3.73. The Kier molecular flexibility index (Phi) is 4.18. The zero-order valence-electron chi connectivity index (χ0n) is 9.78. The molecule has 0 aliphatic carbocycles. The number of nitrogens with two attached hydrogens (primary N) is 1. The highest BCUT2D eigenvalue weighted by Gasteiger charge is 2.17. The minimum atomic E-state index is -0.186. The maximum atomic E-state index is 11.7. The lowest BCUT2D eigenvalue weighted by Crippen LogP contribution is -2.36. The van der Waals surface area contributed by atoms with Gasteiger partial charge in [-0.2, -0.15) is 11.8 Å². The molecule has 0 saturated carbocycles. The standard InChI is InChI=1S/C11H17N3OS/c1-11(2,16-3)7-14-10(15)9-6-8(12)4-5-13-9/h4-6H,7H2,1-3H3,(H2,12,13)(H,14,15). The quantitative estimate of drug-likeness (QED) is 0.836. The molecule has 1 amide bonds. The van der Waals surface area contributed by atoms with Crippen LogP contribution >= 0.6 is 11.8 Å². The molecule has 4 nitrogen and oxygen atoms in total. The number of amides is 1. The molecule has 0 aromatic carbocycles. The summed E-state index contributed by atoms with van der Waals surface area (Å²) in [6.45, 7) is 4.75. The summed E-state index contributed by atoms with van der Waals surface area (Å²) in [6.07, 6.45) is 3.55. The fraction of sp³-hybridized carbons (Fsp3) is 0.455. The van der Waals surface area contributed by atoms with Crippen molar-refractivity contribution in [2.45, 2.75) is 18.6 Å². The minimum absolute atomic E-state index is 0.0238. The Morgan fingerprint density at radius 3 is 2.88 bits per heavy atom. The van der Waals surface area contributed by atoms with Crippen molar-refractivity contribution in [1.29, 1.82) is 0 Å². The van der Waals surface area contributed by atoms with Gasteiger partial charge < -0.3 is 11.1 Å². The van der Waals surface area contributed by atoms with E-state index < -0.39 is 0 Å². The number of carbonyl (C=O) groups excluding carboxylic acids is 1. The van der Waals surface area contributed by atoms with Gasteiger partial charge in [0.05, 0.1) is 0 Å². The largest absolute Gasteiger partial charge is 0.399 e. The number of carbonyl (C=O) groups is 1. The summed E-state index contributed by atoms with van der Waals surface area (Å²) in [7, 11) is 0. The number of hydrogen-bond donors (Lipinski definition) is 2. The van der Waals surface area contributed by atoms with Crippen molar-refractivity contribution in [2.75, 3.05) is 18.5 Å². The molecule has 0 aliphatic rings. The van der Waals surface area contributed by atoms with Crippen molar-refractivity contribution < 1.29 is 4.79 Å². The molecular formula is C11H17N3OS. The molecule has 0 bridgehead atoms. The first-order chi connectivity index (χ1) is 7.44. The van der Waals surface area contributed by atoms with Crippen LogP contribution in [0, 0.1) is 0 Å². The van der Waals surface area contributed by atoms with Gasteiger partial charge in [-0.3, -0.25) is 9.78 Å². The molecule has 1 aromatic heterocycles. The molecule has 0 radical (unpaired) electrons. The SMILES string of the molecule is CSC(C)(C)CNC(=O)c1cc(N)ccn1. The Morgan fingerprint density at radius 2 is 2.31 bits per heavy atom. The molecular weight excluding hydrogens is 222 g/mol. The molecule has 0 saturated heterocycles. The van der Waals surface area contributed by atoms with Gasteiger partial charge in [0.25, 0.3) is 5.91 Å². The number of hydrogen-bond acceptors (Lipinski definition) is 4. The lowest BCUT2D eigenvalue weighted by molar-refractivity contribution is 0.0946. The summed E-state index contributed by atoms with van der Waals surface area (Å²) < 4.78 is 0.0238. The van der Waals surface area contributed by atoms with Crippen molar-refractivity contribution in [2.24, 2.45) is 0 Å². The number of nitrogen functional groups attached to an aromatic ring is 1. The molecule has 0 aliphatic heterocycles. The molecule has 1 aromatic rings. The monoisotopic (exact) mass is 239 g/mol. The van der Waals surface area contributed by atoms with E-state index in [1.54, 1.807) is 23.9 Å². The van der Waals surface area contributed by atoms with E-state index in [0.717, 1.165) is 0 Å². The summed E-state index contributed by atoms with van der Waals surface area (Å²) in [5, 5.41) is 2.84. The van der Waals surface area contributed by atoms with Crippen LogP contribution < -0.4 is 11.1 Å². The van der Waals surface area contributed by atoms with E-state index in [0.29, 0.717) is 17.9 Å². The van der Waals surface area contributed by atoms with Gasteiger partial charge >= 0.3 is 0 Å². The average Bonchev–Trinajstić information content (AvgIpc) is 2.26. The summed E-state index contributed by atoms with van der Waals surface area (Å²) in [5.74, 6) is -0.186. The van der Waals surface area contributed by atoms with Gasteiger partial charge in [-0.25, -0.2) is 0 Å². The van der Waals surface area contributed by atoms with E-state index in [-0.39, 0.29) is 10.7 Å².